The van der Waals surface area contributed by atoms with Crippen LogP contribution < -0.4 is 0 Å². The van der Waals surface area contributed by atoms with Crippen molar-refractivity contribution in [3.8, 4) is 0 Å². The first-order chi connectivity index (χ1) is 9.90. The summed E-state index contributed by atoms with van der Waals surface area (Å²) in [5.74, 6) is -0.342. The van der Waals surface area contributed by atoms with Gasteiger partial charge >= 0.3 is 0 Å². The lowest BCUT2D eigenvalue weighted by Gasteiger charge is -2.38. The van der Waals surface area contributed by atoms with Gasteiger partial charge in [-0.05, 0) is 44.8 Å². The Morgan fingerprint density at radius 1 is 1.14 bits per heavy atom. The highest BCUT2D eigenvalue weighted by Crippen LogP contribution is 2.64. The third kappa shape index (κ3) is 2.49. The highest BCUT2D eigenvalue weighted by Gasteiger charge is 2.70. The average molecular weight is 329 g/mol. The minimum atomic E-state index is -1.79. The zero-order chi connectivity index (χ0) is 16.6. The molecule has 0 bridgehead atoms. The van der Waals surface area contributed by atoms with Crippen molar-refractivity contribution in [1.29, 1.82) is 0 Å². The quantitative estimate of drug-likeness (QED) is 0.808. The number of hydrogen-bond acceptors (Lipinski definition) is 4. The van der Waals surface area contributed by atoms with Gasteiger partial charge in [-0.1, -0.05) is 20.8 Å². The van der Waals surface area contributed by atoms with Crippen LogP contribution in [0.25, 0.3) is 0 Å². The lowest BCUT2D eigenvalue weighted by molar-refractivity contribution is -0.178. The van der Waals surface area contributed by atoms with Crippen LogP contribution in [0.5, 0.6) is 0 Å². The van der Waals surface area contributed by atoms with E-state index in [9.17, 15) is 5.11 Å². The van der Waals surface area contributed by atoms with E-state index in [1.165, 1.54) is 0 Å². The van der Waals surface area contributed by atoms with E-state index in [2.05, 4.69) is 33.9 Å². The molecule has 1 spiro atoms. The lowest BCUT2D eigenvalue weighted by atomic mass is 9.91. The highest BCUT2D eigenvalue weighted by atomic mass is 28.4. The van der Waals surface area contributed by atoms with Crippen LogP contribution in [0.4, 0.5) is 0 Å². The minimum Gasteiger partial charge on any atom is -0.416 e. The Balaban J connectivity index is 1.75. The molecule has 1 aliphatic heterocycles. The summed E-state index contributed by atoms with van der Waals surface area (Å²) in [5.41, 5.74) is -0.0196. The average Bonchev–Trinajstić information content (AvgIpc) is 3.03. The second-order valence-corrected chi connectivity index (χ2v) is 14.2. The van der Waals surface area contributed by atoms with Crippen molar-refractivity contribution in [1.82, 2.24) is 0 Å². The predicted octanol–water partition coefficient (Wildman–Crippen LogP) is 3.30. The number of ether oxygens (including phenoxy) is 2. The summed E-state index contributed by atoms with van der Waals surface area (Å²) >= 11 is 0. The monoisotopic (exact) mass is 328 g/mol. The van der Waals surface area contributed by atoms with Crippen LogP contribution in [0, 0.1) is 11.3 Å². The van der Waals surface area contributed by atoms with E-state index in [0.29, 0.717) is 6.61 Å². The van der Waals surface area contributed by atoms with Crippen molar-refractivity contribution in [2.75, 3.05) is 6.61 Å². The van der Waals surface area contributed by atoms with Crippen LogP contribution in [0.1, 0.15) is 47.5 Å². The van der Waals surface area contributed by atoms with Gasteiger partial charge in [-0.2, -0.15) is 0 Å². The van der Waals surface area contributed by atoms with Crippen molar-refractivity contribution < 1.29 is 19.0 Å². The number of rotatable bonds is 3. The Kier molecular flexibility index (Phi) is 3.68. The summed E-state index contributed by atoms with van der Waals surface area (Å²) in [6, 6.07) is 0. The summed E-state index contributed by atoms with van der Waals surface area (Å²) in [5, 5.41) is 10.9. The Morgan fingerprint density at radius 3 is 2.18 bits per heavy atom. The molecule has 5 heteroatoms. The normalized spacial score (nSPS) is 39.3. The smallest absolute Gasteiger partial charge is 0.191 e. The molecule has 1 unspecified atom stereocenters. The molecule has 4 nitrogen and oxygen atoms in total. The SMILES string of the molecule is CC1(C)OC2[C@@H](CO[Si](C)(C)C(C)(C)C)C3(CC3)[C@H](O)[C@H]2O1. The molecular formula is C17H32O4Si. The maximum absolute atomic E-state index is 10.7. The van der Waals surface area contributed by atoms with Gasteiger partial charge in [0.15, 0.2) is 14.1 Å². The van der Waals surface area contributed by atoms with Crippen LogP contribution in [0.3, 0.4) is 0 Å². The number of aliphatic hydroxyl groups is 1. The number of fused-ring (bicyclic) bond motifs is 1. The Hall–Kier alpha value is 0.0569. The Morgan fingerprint density at radius 2 is 1.68 bits per heavy atom. The Labute approximate surface area is 135 Å². The van der Waals surface area contributed by atoms with Crippen molar-refractivity contribution in [2.24, 2.45) is 11.3 Å². The first kappa shape index (κ1) is 16.9. The van der Waals surface area contributed by atoms with Crippen molar-refractivity contribution in [3.05, 3.63) is 0 Å². The molecule has 128 valence electrons. The standard InChI is InChI=1S/C17H32O4Si/c1-15(2,3)22(6,7)19-10-11-12-13(21-16(4,5)20-12)14(18)17(11)8-9-17/h11-14,18H,8-10H2,1-7H3/t11-,12?,13+,14-/m1/s1. The molecule has 3 aliphatic rings. The molecule has 0 aromatic carbocycles. The van der Waals surface area contributed by atoms with Crippen LogP contribution >= 0.6 is 0 Å². The largest absolute Gasteiger partial charge is 0.416 e. The zero-order valence-corrected chi connectivity index (χ0v) is 16.1. The second kappa shape index (κ2) is 4.79. The van der Waals surface area contributed by atoms with Crippen LogP contribution in [-0.4, -0.2) is 44.1 Å². The van der Waals surface area contributed by atoms with Crippen LogP contribution in [0.2, 0.25) is 18.1 Å². The summed E-state index contributed by atoms with van der Waals surface area (Å²) in [6.07, 6.45) is 1.51. The van der Waals surface area contributed by atoms with E-state index in [-0.39, 0.29) is 28.6 Å². The molecular weight excluding hydrogens is 296 g/mol. The van der Waals surface area contributed by atoms with Gasteiger partial charge in [-0.3, -0.25) is 0 Å². The molecule has 1 heterocycles. The van der Waals surface area contributed by atoms with Crippen molar-refractivity contribution >= 4 is 8.32 Å². The molecule has 4 atom stereocenters. The van der Waals surface area contributed by atoms with Gasteiger partial charge in [-0.25, -0.2) is 0 Å². The molecule has 0 radical (unpaired) electrons. The van der Waals surface area contributed by atoms with Gasteiger partial charge in [0.2, 0.25) is 0 Å². The summed E-state index contributed by atoms with van der Waals surface area (Å²) in [6.45, 7) is 15.9. The fourth-order valence-corrected chi connectivity index (χ4v) is 4.86. The molecule has 3 fully saturated rings. The minimum absolute atomic E-state index is 0.0196. The molecule has 2 aliphatic carbocycles. The summed E-state index contributed by atoms with van der Waals surface area (Å²) < 4.78 is 18.6. The third-order valence-corrected chi connectivity index (χ3v) is 11.0. The van der Waals surface area contributed by atoms with Gasteiger partial charge in [0.25, 0.3) is 0 Å². The van der Waals surface area contributed by atoms with E-state index in [0.717, 1.165) is 12.8 Å². The predicted molar refractivity (Wildman–Crippen MR) is 88.1 cm³/mol. The number of hydrogen-bond donors (Lipinski definition) is 1. The van der Waals surface area contributed by atoms with Crippen LogP contribution in [-0.2, 0) is 13.9 Å². The fraction of sp³-hybridized carbons (Fsp3) is 1.00. The van der Waals surface area contributed by atoms with Crippen LogP contribution in [0.15, 0.2) is 0 Å². The second-order valence-electron chi connectivity index (χ2n) is 9.42. The van der Waals surface area contributed by atoms with E-state index >= 15 is 0 Å². The Bertz CT molecular complexity index is 450. The van der Waals surface area contributed by atoms with E-state index < -0.39 is 20.2 Å². The molecule has 3 rings (SSSR count). The maximum Gasteiger partial charge on any atom is 0.191 e. The third-order valence-electron chi connectivity index (χ3n) is 6.46. The summed E-state index contributed by atoms with van der Waals surface area (Å²) in [4.78, 5) is 0. The number of aliphatic hydroxyl groups excluding tert-OH is 1. The van der Waals surface area contributed by atoms with Gasteiger partial charge in [0, 0.05) is 17.9 Å². The zero-order valence-electron chi connectivity index (χ0n) is 15.1. The first-order valence-corrected chi connectivity index (χ1v) is 11.5. The highest BCUT2D eigenvalue weighted by molar-refractivity contribution is 6.74. The fourth-order valence-electron chi connectivity index (χ4n) is 3.83. The molecule has 22 heavy (non-hydrogen) atoms. The topological polar surface area (TPSA) is 47.9 Å². The molecule has 1 saturated heterocycles. The molecule has 0 aromatic heterocycles. The van der Waals surface area contributed by atoms with Gasteiger partial charge in [0.1, 0.15) is 6.10 Å². The van der Waals surface area contributed by atoms with E-state index in [1.54, 1.807) is 0 Å². The van der Waals surface area contributed by atoms with Gasteiger partial charge < -0.3 is 19.0 Å². The lowest BCUT2D eigenvalue weighted by Crippen LogP contribution is -2.44. The van der Waals surface area contributed by atoms with Crippen molar-refractivity contribution in [3.63, 3.8) is 0 Å². The first-order valence-electron chi connectivity index (χ1n) is 8.57. The molecule has 1 N–H and O–H groups in total. The summed E-state index contributed by atoms with van der Waals surface area (Å²) in [7, 11) is -1.79. The van der Waals surface area contributed by atoms with Gasteiger partial charge in [-0.15, -0.1) is 0 Å². The van der Waals surface area contributed by atoms with E-state index in [4.69, 9.17) is 13.9 Å². The molecule has 0 amide bonds. The molecule has 0 aromatic rings. The maximum atomic E-state index is 10.7. The van der Waals surface area contributed by atoms with Crippen molar-refractivity contribution in [2.45, 2.75) is 89.7 Å². The van der Waals surface area contributed by atoms with E-state index in [1.807, 2.05) is 13.8 Å². The molecule has 2 saturated carbocycles. The van der Waals surface area contributed by atoms with Gasteiger partial charge in [0.05, 0.1) is 12.2 Å².